The second kappa shape index (κ2) is 6.95. The molecule has 2 aromatic heterocycles. The fraction of sp³-hybridized carbons (Fsp3) is 0.188. The lowest BCUT2D eigenvalue weighted by Gasteiger charge is -2.05. The number of aromatic amines is 1. The first kappa shape index (κ1) is 15.7. The summed E-state index contributed by atoms with van der Waals surface area (Å²) in [6, 6.07) is 7.57. The number of halogens is 1. The van der Waals surface area contributed by atoms with Crippen LogP contribution in [0.25, 0.3) is 5.69 Å². The van der Waals surface area contributed by atoms with Crippen molar-refractivity contribution in [1.29, 1.82) is 0 Å². The average Bonchev–Trinajstić information content (AvgIpc) is 3.21. The predicted octanol–water partition coefficient (Wildman–Crippen LogP) is 2.04. The summed E-state index contributed by atoms with van der Waals surface area (Å²) >= 11 is 0. The molecule has 0 aliphatic rings. The molecule has 2 heterocycles. The van der Waals surface area contributed by atoms with Gasteiger partial charge in [0.05, 0.1) is 23.6 Å². The van der Waals surface area contributed by atoms with E-state index >= 15 is 0 Å². The highest BCUT2D eigenvalue weighted by atomic mass is 19.1. The molecule has 0 bridgehead atoms. The van der Waals surface area contributed by atoms with E-state index in [1.165, 1.54) is 12.1 Å². The van der Waals surface area contributed by atoms with Crippen molar-refractivity contribution in [3.05, 3.63) is 65.5 Å². The van der Waals surface area contributed by atoms with Gasteiger partial charge in [-0.3, -0.25) is 5.10 Å². The Morgan fingerprint density at radius 3 is 2.67 bits per heavy atom. The third-order valence-corrected chi connectivity index (χ3v) is 3.53. The third kappa shape index (κ3) is 3.78. The summed E-state index contributed by atoms with van der Waals surface area (Å²) in [6.07, 6.45) is 3.44. The minimum atomic E-state index is -0.293. The first-order valence-electron chi connectivity index (χ1n) is 7.43. The number of urea groups is 1. The van der Waals surface area contributed by atoms with Crippen LogP contribution in [0.1, 0.15) is 17.0 Å². The molecular formula is C16H17FN6O. The lowest BCUT2D eigenvalue weighted by Crippen LogP contribution is -2.34. The van der Waals surface area contributed by atoms with E-state index < -0.39 is 0 Å². The first-order valence-corrected chi connectivity index (χ1v) is 7.43. The van der Waals surface area contributed by atoms with Crippen molar-refractivity contribution >= 4 is 6.03 Å². The molecule has 1 aromatic carbocycles. The molecule has 124 valence electrons. The topological polar surface area (TPSA) is 87.6 Å². The maximum absolute atomic E-state index is 13.0. The summed E-state index contributed by atoms with van der Waals surface area (Å²) < 4.78 is 14.6. The van der Waals surface area contributed by atoms with Gasteiger partial charge in [0.15, 0.2) is 0 Å². The van der Waals surface area contributed by atoms with Gasteiger partial charge >= 0.3 is 6.03 Å². The quantitative estimate of drug-likeness (QED) is 0.670. The normalized spacial score (nSPS) is 10.6. The van der Waals surface area contributed by atoms with Gasteiger partial charge in [0, 0.05) is 24.5 Å². The number of aryl methyl sites for hydroxylation is 1. The van der Waals surface area contributed by atoms with E-state index in [0.29, 0.717) is 13.1 Å². The highest BCUT2D eigenvalue weighted by Gasteiger charge is 2.08. The van der Waals surface area contributed by atoms with Crippen molar-refractivity contribution < 1.29 is 9.18 Å². The SMILES string of the molecule is Cc1nn(-c2ccc(F)cc2)cc1CNC(=O)NCc1ccn[nH]1. The van der Waals surface area contributed by atoms with Crippen LogP contribution in [-0.2, 0) is 13.1 Å². The largest absolute Gasteiger partial charge is 0.334 e. The lowest BCUT2D eigenvalue weighted by atomic mass is 10.2. The fourth-order valence-corrected chi connectivity index (χ4v) is 2.19. The zero-order chi connectivity index (χ0) is 16.9. The molecule has 7 nitrogen and oxygen atoms in total. The van der Waals surface area contributed by atoms with E-state index in [1.54, 1.807) is 29.1 Å². The van der Waals surface area contributed by atoms with Crippen molar-refractivity contribution in [2.45, 2.75) is 20.0 Å². The van der Waals surface area contributed by atoms with Crippen molar-refractivity contribution in [3.8, 4) is 5.69 Å². The summed E-state index contributed by atoms with van der Waals surface area (Å²) in [7, 11) is 0. The average molecular weight is 328 g/mol. The van der Waals surface area contributed by atoms with Crippen LogP contribution in [0.2, 0.25) is 0 Å². The predicted molar refractivity (Wildman–Crippen MR) is 85.9 cm³/mol. The van der Waals surface area contributed by atoms with E-state index in [2.05, 4.69) is 25.9 Å². The summed E-state index contributed by atoms with van der Waals surface area (Å²) in [6.45, 7) is 2.58. The van der Waals surface area contributed by atoms with Crippen LogP contribution < -0.4 is 10.6 Å². The lowest BCUT2D eigenvalue weighted by molar-refractivity contribution is 0.240. The smallest absolute Gasteiger partial charge is 0.315 e. The number of nitrogens with one attached hydrogen (secondary N) is 3. The van der Waals surface area contributed by atoms with Crippen LogP contribution >= 0.6 is 0 Å². The Balaban J connectivity index is 1.57. The summed E-state index contributed by atoms with van der Waals surface area (Å²) in [4.78, 5) is 11.8. The highest BCUT2D eigenvalue weighted by molar-refractivity contribution is 5.73. The molecule has 3 aromatic rings. The maximum Gasteiger partial charge on any atom is 0.315 e. The zero-order valence-corrected chi connectivity index (χ0v) is 13.1. The van der Waals surface area contributed by atoms with Crippen LogP contribution in [0, 0.1) is 12.7 Å². The maximum atomic E-state index is 13.0. The minimum absolute atomic E-state index is 0.279. The summed E-state index contributed by atoms with van der Waals surface area (Å²) in [5, 5.41) is 16.5. The Hall–Kier alpha value is -3.16. The Morgan fingerprint density at radius 1 is 1.21 bits per heavy atom. The number of amides is 2. The molecule has 0 aliphatic carbocycles. The summed E-state index contributed by atoms with van der Waals surface area (Å²) in [5.74, 6) is -0.293. The van der Waals surface area contributed by atoms with Gasteiger partial charge in [0.25, 0.3) is 0 Å². The van der Waals surface area contributed by atoms with Crippen molar-refractivity contribution in [2.75, 3.05) is 0 Å². The number of hydrogen-bond donors (Lipinski definition) is 3. The van der Waals surface area contributed by atoms with Crippen LogP contribution in [0.15, 0.2) is 42.7 Å². The molecule has 2 amide bonds. The van der Waals surface area contributed by atoms with Crippen molar-refractivity contribution in [2.24, 2.45) is 0 Å². The molecular weight excluding hydrogens is 311 g/mol. The van der Waals surface area contributed by atoms with Gasteiger partial charge in [-0.25, -0.2) is 13.9 Å². The third-order valence-electron chi connectivity index (χ3n) is 3.53. The number of aromatic nitrogens is 4. The molecule has 0 spiro atoms. The van der Waals surface area contributed by atoms with E-state index in [-0.39, 0.29) is 11.8 Å². The van der Waals surface area contributed by atoms with E-state index in [4.69, 9.17) is 0 Å². The Bertz CT molecular complexity index is 810. The van der Waals surface area contributed by atoms with Crippen LogP contribution in [-0.4, -0.2) is 26.0 Å². The monoisotopic (exact) mass is 328 g/mol. The standard InChI is InChI=1S/C16H17FN6O/c1-11-12(8-18-16(24)19-9-14-6-7-20-21-14)10-23(22-11)15-4-2-13(17)3-5-15/h2-7,10H,8-9H2,1H3,(H,20,21)(H2,18,19,24). The number of hydrogen-bond acceptors (Lipinski definition) is 3. The van der Waals surface area contributed by atoms with Gasteiger partial charge in [-0.2, -0.15) is 10.2 Å². The minimum Gasteiger partial charge on any atom is -0.334 e. The van der Waals surface area contributed by atoms with E-state index in [1.807, 2.05) is 13.1 Å². The molecule has 8 heteroatoms. The zero-order valence-electron chi connectivity index (χ0n) is 13.1. The number of H-pyrrole nitrogens is 1. The van der Waals surface area contributed by atoms with Gasteiger partial charge < -0.3 is 10.6 Å². The van der Waals surface area contributed by atoms with Crippen LogP contribution in [0.5, 0.6) is 0 Å². The molecule has 3 N–H and O–H groups in total. The second-order valence-corrected chi connectivity index (χ2v) is 5.28. The number of benzene rings is 1. The Morgan fingerprint density at radius 2 is 1.96 bits per heavy atom. The Kier molecular flexibility index (Phi) is 4.55. The summed E-state index contributed by atoms with van der Waals surface area (Å²) in [5.41, 5.74) is 3.27. The molecule has 0 aliphatic heterocycles. The molecule has 0 saturated heterocycles. The first-order chi connectivity index (χ1) is 11.6. The van der Waals surface area contributed by atoms with Gasteiger partial charge in [-0.1, -0.05) is 0 Å². The van der Waals surface area contributed by atoms with E-state index in [9.17, 15) is 9.18 Å². The second-order valence-electron chi connectivity index (χ2n) is 5.28. The van der Waals surface area contributed by atoms with Gasteiger partial charge in [0.1, 0.15) is 5.82 Å². The number of nitrogens with zero attached hydrogens (tertiary/aromatic N) is 3. The molecule has 0 fully saturated rings. The Labute approximate surface area is 137 Å². The van der Waals surface area contributed by atoms with Gasteiger partial charge in [-0.15, -0.1) is 0 Å². The molecule has 0 unspecified atom stereocenters. The van der Waals surface area contributed by atoms with Crippen LogP contribution in [0.4, 0.5) is 9.18 Å². The molecule has 0 radical (unpaired) electrons. The van der Waals surface area contributed by atoms with E-state index in [0.717, 1.165) is 22.6 Å². The van der Waals surface area contributed by atoms with Crippen LogP contribution in [0.3, 0.4) is 0 Å². The van der Waals surface area contributed by atoms with Crippen molar-refractivity contribution in [1.82, 2.24) is 30.6 Å². The van der Waals surface area contributed by atoms with Gasteiger partial charge in [-0.05, 0) is 37.3 Å². The molecule has 3 rings (SSSR count). The molecule has 0 saturated carbocycles. The number of rotatable bonds is 5. The number of carbonyl (C=O) groups is 1. The highest BCUT2D eigenvalue weighted by Crippen LogP contribution is 2.12. The molecule has 24 heavy (non-hydrogen) atoms. The number of carbonyl (C=O) groups excluding carboxylic acids is 1. The molecule has 0 atom stereocenters. The van der Waals surface area contributed by atoms with Gasteiger partial charge in [0.2, 0.25) is 0 Å². The van der Waals surface area contributed by atoms with Crippen molar-refractivity contribution in [3.63, 3.8) is 0 Å². The fourth-order valence-electron chi connectivity index (χ4n) is 2.19.